The summed E-state index contributed by atoms with van der Waals surface area (Å²) in [7, 11) is 2.08. The minimum atomic E-state index is -0.354. The van der Waals surface area contributed by atoms with Crippen LogP contribution in [0.4, 0.5) is 17.3 Å². The Kier molecular flexibility index (Phi) is 6.40. The predicted octanol–water partition coefficient (Wildman–Crippen LogP) is 2.75. The highest BCUT2D eigenvalue weighted by atomic mass is 16.2. The van der Waals surface area contributed by atoms with Gasteiger partial charge in [0.05, 0.1) is 24.4 Å². The number of anilines is 3. The number of hydrogen-bond donors (Lipinski definition) is 1. The van der Waals surface area contributed by atoms with Crippen LogP contribution in [-0.4, -0.2) is 86.4 Å². The van der Waals surface area contributed by atoms with Gasteiger partial charge in [0, 0.05) is 62.9 Å². The zero-order chi connectivity index (χ0) is 27.0. The van der Waals surface area contributed by atoms with Gasteiger partial charge in [0.1, 0.15) is 5.54 Å². The third-order valence-electron chi connectivity index (χ3n) is 7.75. The molecule has 5 heterocycles. The summed E-state index contributed by atoms with van der Waals surface area (Å²) in [5.41, 5.74) is 3.89. The van der Waals surface area contributed by atoms with E-state index >= 15 is 0 Å². The number of likely N-dealkylation sites (N-methyl/N-ethyl adjacent to an activating group) is 1. The van der Waals surface area contributed by atoms with E-state index in [0.717, 1.165) is 55.2 Å². The molecule has 0 saturated carbocycles. The fourth-order valence-corrected chi connectivity index (χ4v) is 5.36. The molecule has 200 valence electrons. The van der Waals surface area contributed by atoms with Crippen molar-refractivity contribution in [2.75, 3.05) is 56.5 Å². The van der Waals surface area contributed by atoms with E-state index in [2.05, 4.69) is 51.6 Å². The van der Waals surface area contributed by atoms with Crippen molar-refractivity contribution in [2.45, 2.75) is 25.3 Å². The van der Waals surface area contributed by atoms with Gasteiger partial charge in [0.2, 0.25) is 5.95 Å². The lowest BCUT2D eigenvalue weighted by Gasteiger charge is -2.50. The summed E-state index contributed by atoms with van der Waals surface area (Å²) in [6.07, 6.45) is 7.10. The monoisotopic (exact) mass is 524 g/mol. The molecule has 0 radical (unpaired) electrons. The number of nitrogens with zero attached hydrogens (tertiary/aromatic N) is 9. The largest absolute Gasteiger partial charge is 0.363 e. The van der Waals surface area contributed by atoms with E-state index in [1.807, 2.05) is 58.4 Å². The molecule has 0 bridgehead atoms. The maximum Gasteiger partial charge on any atom is 0.254 e. The molecule has 1 aromatic carbocycles. The second-order valence-corrected chi connectivity index (χ2v) is 10.5. The normalized spacial score (nSPS) is 17.2. The number of aromatic nitrogens is 5. The molecule has 39 heavy (non-hydrogen) atoms. The van der Waals surface area contributed by atoms with Gasteiger partial charge in [-0.05, 0) is 49.4 Å². The summed E-state index contributed by atoms with van der Waals surface area (Å²) >= 11 is 0. The highest BCUT2D eigenvalue weighted by Gasteiger charge is 2.46. The first-order chi connectivity index (χ1) is 19.0. The van der Waals surface area contributed by atoms with E-state index in [1.165, 1.54) is 0 Å². The van der Waals surface area contributed by atoms with Crippen molar-refractivity contribution in [2.24, 2.45) is 0 Å². The van der Waals surface area contributed by atoms with Crippen molar-refractivity contribution in [1.29, 1.82) is 5.26 Å². The number of nitriles is 1. The van der Waals surface area contributed by atoms with E-state index in [9.17, 15) is 10.1 Å². The molecule has 1 N–H and O–H groups in total. The Hall–Kier alpha value is -4.43. The SMILES string of the molecule is CCc1cnn(C2(CC#N)CN(c3cccn4nc(Nc5cccc(C(=O)N6CCN(C)CC6)c5)nc34)C2)c1. The van der Waals surface area contributed by atoms with Gasteiger partial charge >= 0.3 is 0 Å². The maximum atomic E-state index is 13.0. The van der Waals surface area contributed by atoms with Crippen LogP contribution in [0.3, 0.4) is 0 Å². The summed E-state index contributed by atoms with van der Waals surface area (Å²) < 4.78 is 3.71. The lowest BCUT2D eigenvalue weighted by molar-refractivity contribution is 0.0664. The Morgan fingerprint density at radius 3 is 2.72 bits per heavy atom. The quantitative estimate of drug-likeness (QED) is 0.393. The molecule has 11 nitrogen and oxygen atoms in total. The Bertz CT molecular complexity index is 1540. The molecule has 0 unspecified atom stereocenters. The van der Waals surface area contributed by atoms with Gasteiger partial charge < -0.3 is 20.0 Å². The van der Waals surface area contributed by atoms with Gasteiger partial charge in [-0.1, -0.05) is 13.0 Å². The predicted molar refractivity (Wildman–Crippen MR) is 148 cm³/mol. The van der Waals surface area contributed by atoms with Crippen molar-refractivity contribution in [1.82, 2.24) is 34.2 Å². The van der Waals surface area contributed by atoms with Gasteiger partial charge in [-0.15, -0.1) is 5.10 Å². The van der Waals surface area contributed by atoms with Crippen molar-refractivity contribution in [3.8, 4) is 6.07 Å². The summed E-state index contributed by atoms with van der Waals surface area (Å²) in [5.74, 6) is 0.494. The first-order valence-electron chi connectivity index (χ1n) is 13.3. The lowest BCUT2D eigenvalue weighted by atomic mass is 9.86. The fourth-order valence-electron chi connectivity index (χ4n) is 5.36. The van der Waals surface area contributed by atoms with Crippen LogP contribution in [0, 0.1) is 11.3 Å². The molecule has 3 aromatic heterocycles. The van der Waals surface area contributed by atoms with Crippen molar-refractivity contribution >= 4 is 28.9 Å². The van der Waals surface area contributed by atoms with Gasteiger partial charge in [-0.25, -0.2) is 4.52 Å². The van der Waals surface area contributed by atoms with E-state index < -0.39 is 0 Å². The van der Waals surface area contributed by atoms with Crippen LogP contribution in [0.25, 0.3) is 5.65 Å². The molecule has 0 atom stereocenters. The maximum absolute atomic E-state index is 13.0. The number of piperazine rings is 1. The molecule has 2 aliphatic rings. The number of nitrogens with one attached hydrogen (secondary N) is 1. The van der Waals surface area contributed by atoms with Crippen LogP contribution in [0.1, 0.15) is 29.3 Å². The molecule has 0 spiro atoms. The second-order valence-electron chi connectivity index (χ2n) is 10.5. The fraction of sp³-hybridized carbons (Fsp3) is 0.393. The Morgan fingerprint density at radius 2 is 1.97 bits per heavy atom. The average Bonchev–Trinajstić information content (AvgIpc) is 3.58. The molecule has 11 heteroatoms. The van der Waals surface area contributed by atoms with Crippen LogP contribution in [0.2, 0.25) is 0 Å². The highest BCUT2D eigenvalue weighted by Crippen LogP contribution is 2.37. The van der Waals surface area contributed by atoms with E-state index in [1.54, 1.807) is 4.52 Å². The summed E-state index contributed by atoms with van der Waals surface area (Å²) in [4.78, 5) is 24.2. The van der Waals surface area contributed by atoms with Crippen LogP contribution in [-0.2, 0) is 12.0 Å². The van der Waals surface area contributed by atoms with Crippen molar-refractivity contribution < 1.29 is 4.79 Å². The van der Waals surface area contributed by atoms with Crippen LogP contribution in [0.15, 0.2) is 55.0 Å². The molecular weight excluding hydrogens is 492 g/mol. The Labute approximate surface area is 227 Å². The van der Waals surface area contributed by atoms with Gasteiger partial charge in [-0.2, -0.15) is 15.3 Å². The van der Waals surface area contributed by atoms with E-state index in [-0.39, 0.29) is 11.4 Å². The molecule has 0 aliphatic carbocycles. The molecular formula is C28H32N10O. The first-order valence-corrected chi connectivity index (χ1v) is 13.3. The molecule has 2 aliphatic heterocycles. The van der Waals surface area contributed by atoms with E-state index in [4.69, 9.17) is 4.98 Å². The van der Waals surface area contributed by atoms with Crippen molar-refractivity contribution in [3.63, 3.8) is 0 Å². The van der Waals surface area contributed by atoms with Crippen LogP contribution < -0.4 is 10.2 Å². The number of carbonyl (C=O) groups excluding carboxylic acids is 1. The number of rotatable bonds is 7. The minimum Gasteiger partial charge on any atom is -0.363 e. The summed E-state index contributed by atoms with van der Waals surface area (Å²) in [6, 6.07) is 13.8. The van der Waals surface area contributed by atoms with Gasteiger partial charge in [-0.3, -0.25) is 9.48 Å². The lowest BCUT2D eigenvalue weighted by Crippen LogP contribution is -2.63. The van der Waals surface area contributed by atoms with E-state index in [0.29, 0.717) is 31.0 Å². The molecule has 4 aromatic rings. The zero-order valence-electron chi connectivity index (χ0n) is 22.3. The number of carbonyl (C=O) groups is 1. The van der Waals surface area contributed by atoms with Crippen LogP contribution >= 0.6 is 0 Å². The number of fused-ring (bicyclic) bond motifs is 1. The highest BCUT2D eigenvalue weighted by molar-refractivity contribution is 5.95. The number of amides is 1. The Balaban J connectivity index is 1.20. The smallest absolute Gasteiger partial charge is 0.254 e. The number of aryl methyl sites for hydroxylation is 1. The number of hydrogen-bond acceptors (Lipinski definition) is 8. The van der Waals surface area contributed by atoms with Crippen LogP contribution in [0.5, 0.6) is 0 Å². The van der Waals surface area contributed by atoms with Crippen molar-refractivity contribution in [3.05, 3.63) is 66.1 Å². The molecule has 2 fully saturated rings. The molecule has 6 rings (SSSR count). The topological polar surface area (TPSA) is 111 Å². The minimum absolute atomic E-state index is 0.0406. The second kappa shape index (κ2) is 10.0. The summed E-state index contributed by atoms with van der Waals surface area (Å²) in [6.45, 7) is 6.66. The first kappa shape index (κ1) is 24.9. The Morgan fingerprint density at radius 1 is 1.15 bits per heavy atom. The third-order valence-corrected chi connectivity index (χ3v) is 7.75. The molecule has 1 amide bonds. The average molecular weight is 525 g/mol. The third kappa shape index (κ3) is 4.68. The summed E-state index contributed by atoms with van der Waals surface area (Å²) in [5, 5.41) is 22.0. The number of benzene rings is 1. The van der Waals surface area contributed by atoms with Gasteiger partial charge in [0.25, 0.3) is 5.91 Å². The zero-order valence-corrected chi connectivity index (χ0v) is 22.3. The molecule has 2 saturated heterocycles. The van der Waals surface area contributed by atoms with Gasteiger partial charge in [0.15, 0.2) is 5.65 Å². The standard InChI is InChI=1S/C28H32N10O/c1-3-21-17-30-38(18-21)28(9-10-29)19-36(20-28)24-8-5-11-37-25(24)32-27(33-37)31-23-7-4-6-22(16-23)26(39)35-14-12-34(2)13-15-35/h4-8,11,16-18H,3,9,12-15,19-20H2,1-2H3,(H,31,33). The number of pyridine rings is 1.